The number of amides is 1. The van der Waals surface area contributed by atoms with Gasteiger partial charge in [-0.25, -0.2) is 0 Å². The quantitative estimate of drug-likeness (QED) is 0.817. The molecule has 1 saturated heterocycles. The van der Waals surface area contributed by atoms with Gasteiger partial charge in [-0.15, -0.1) is 0 Å². The fourth-order valence-electron chi connectivity index (χ4n) is 3.34. The number of hydrogen-bond donors (Lipinski definition) is 1. The standard InChI is InChI=1S/C22H29N3O2/c1-3-27-21-10-8-20(9-11-21)23-22(26)17-25-14-12-24(13-15-25)16-19-7-5-4-6-18(19)2/h4-11H,3,12-17H2,1-2H3,(H,23,26). The highest BCUT2D eigenvalue weighted by Crippen LogP contribution is 2.16. The van der Waals surface area contributed by atoms with Crippen molar-refractivity contribution in [3.05, 3.63) is 59.7 Å². The molecule has 0 bridgehead atoms. The largest absolute Gasteiger partial charge is 0.494 e. The van der Waals surface area contributed by atoms with Gasteiger partial charge in [0.25, 0.3) is 0 Å². The maximum Gasteiger partial charge on any atom is 0.238 e. The van der Waals surface area contributed by atoms with E-state index in [9.17, 15) is 4.79 Å². The molecule has 3 rings (SSSR count). The first-order valence-electron chi connectivity index (χ1n) is 9.66. The highest BCUT2D eigenvalue weighted by Gasteiger charge is 2.19. The average molecular weight is 367 g/mol. The van der Waals surface area contributed by atoms with Gasteiger partial charge in [-0.1, -0.05) is 24.3 Å². The van der Waals surface area contributed by atoms with E-state index in [1.807, 2.05) is 31.2 Å². The number of carbonyl (C=O) groups excluding carboxylic acids is 1. The molecule has 0 saturated carbocycles. The number of carbonyl (C=O) groups is 1. The molecule has 1 aliphatic rings. The van der Waals surface area contributed by atoms with Crippen molar-refractivity contribution in [3.8, 4) is 5.75 Å². The van der Waals surface area contributed by atoms with Crippen LogP contribution in [0.15, 0.2) is 48.5 Å². The summed E-state index contributed by atoms with van der Waals surface area (Å²) in [6.45, 7) is 10.00. The lowest BCUT2D eigenvalue weighted by atomic mass is 10.1. The van der Waals surface area contributed by atoms with Crippen molar-refractivity contribution in [2.75, 3.05) is 44.6 Å². The average Bonchev–Trinajstić information content (AvgIpc) is 2.67. The van der Waals surface area contributed by atoms with Crippen LogP contribution in [0.25, 0.3) is 0 Å². The van der Waals surface area contributed by atoms with Gasteiger partial charge in [0.15, 0.2) is 0 Å². The second-order valence-corrected chi connectivity index (χ2v) is 6.98. The molecule has 1 aliphatic heterocycles. The van der Waals surface area contributed by atoms with E-state index in [4.69, 9.17) is 4.74 Å². The van der Waals surface area contributed by atoms with Crippen molar-refractivity contribution in [3.63, 3.8) is 0 Å². The summed E-state index contributed by atoms with van der Waals surface area (Å²) in [6.07, 6.45) is 0. The van der Waals surface area contributed by atoms with Crippen LogP contribution in [0.5, 0.6) is 5.75 Å². The van der Waals surface area contributed by atoms with E-state index >= 15 is 0 Å². The lowest BCUT2D eigenvalue weighted by molar-refractivity contribution is -0.117. The van der Waals surface area contributed by atoms with Crippen LogP contribution in [0.1, 0.15) is 18.1 Å². The van der Waals surface area contributed by atoms with Crippen molar-refractivity contribution in [2.45, 2.75) is 20.4 Å². The number of nitrogens with zero attached hydrogens (tertiary/aromatic N) is 2. The van der Waals surface area contributed by atoms with Crippen LogP contribution in [-0.2, 0) is 11.3 Å². The van der Waals surface area contributed by atoms with Gasteiger partial charge in [0.2, 0.25) is 5.91 Å². The predicted octanol–water partition coefficient (Wildman–Crippen LogP) is 3.15. The molecule has 0 aromatic heterocycles. The maximum absolute atomic E-state index is 12.3. The summed E-state index contributed by atoms with van der Waals surface area (Å²) >= 11 is 0. The minimum absolute atomic E-state index is 0.0338. The van der Waals surface area contributed by atoms with Gasteiger partial charge in [-0.2, -0.15) is 0 Å². The molecule has 5 nitrogen and oxygen atoms in total. The Balaban J connectivity index is 1.42. The molecular formula is C22H29N3O2. The molecule has 2 aromatic carbocycles. The molecule has 1 amide bonds. The van der Waals surface area contributed by atoms with Crippen LogP contribution in [0.2, 0.25) is 0 Å². The van der Waals surface area contributed by atoms with Crippen molar-refractivity contribution < 1.29 is 9.53 Å². The molecule has 1 fully saturated rings. The van der Waals surface area contributed by atoms with Crippen LogP contribution >= 0.6 is 0 Å². The number of nitrogens with one attached hydrogen (secondary N) is 1. The van der Waals surface area contributed by atoms with E-state index in [-0.39, 0.29) is 5.91 Å². The van der Waals surface area contributed by atoms with Gasteiger partial charge >= 0.3 is 0 Å². The van der Waals surface area contributed by atoms with Crippen LogP contribution in [-0.4, -0.2) is 55.0 Å². The minimum atomic E-state index is 0.0338. The van der Waals surface area contributed by atoms with Crippen LogP contribution in [0.4, 0.5) is 5.69 Å². The summed E-state index contributed by atoms with van der Waals surface area (Å²) in [5, 5.41) is 2.97. The van der Waals surface area contributed by atoms with Crippen molar-refractivity contribution in [1.82, 2.24) is 9.80 Å². The molecule has 1 heterocycles. The number of ether oxygens (including phenoxy) is 1. The predicted molar refractivity (Wildman–Crippen MR) is 109 cm³/mol. The topological polar surface area (TPSA) is 44.8 Å². The lowest BCUT2D eigenvalue weighted by Gasteiger charge is -2.34. The molecule has 144 valence electrons. The summed E-state index contributed by atoms with van der Waals surface area (Å²) in [7, 11) is 0. The highest BCUT2D eigenvalue weighted by molar-refractivity contribution is 5.92. The Morgan fingerprint density at radius 1 is 1.00 bits per heavy atom. The number of piperazine rings is 1. The molecule has 0 unspecified atom stereocenters. The molecule has 5 heteroatoms. The van der Waals surface area contributed by atoms with E-state index < -0.39 is 0 Å². The summed E-state index contributed by atoms with van der Waals surface area (Å²) in [4.78, 5) is 17.0. The van der Waals surface area contributed by atoms with Crippen molar-refractivity contribution in [2.24, 2.45) is 0 Å². The Labute approximate surface area is 161 Å². The summed E-state index contributed by atoms with van der Waals surface area (Å²) < 4.78 is 5.42. The van der Waals surface area contributed by atoms with Crippen LogP contribution in [0.3, 0.4) is 0 Å². The van der Waals surface area contributed by atoms with Gasteiger partial charge in [0.1, 0.15) is 5.75 Å². The smallest absolute Gasteiger partial charge is 0.238 e. The van der Waals surface area contributed by atoms with Gasteiger partial charge in [-0.3, -0.25) is 14.6 Å². The first kappa shape index (κ1) is 19.4. The number of anilines is 1. The Morgan fingerprint density at radius 2 is 1.67 bits per heavy atom. The Bertz CT molecular complexity index is 737. The first-order chi connectivity index (χ1) is 13.1. The Kier molecular flexibility index (Phi) is 6.85. The number of benzene rings is 2. The summed E-state index contributed by atoms with van der Waals surface area (Å²) in [6, 6.07) is 16.1. The van der Waals surface area contributed by atoms with E-state index in [1.165, 1.54) is 11.1 Å². The second-order valence-electron chi connectivity index (χ2n) is 6.98. The molecule has 0 aliphatic carbocycles. The normalized spacial score (nSPS) is 15.5. The fraction of sp³-hybridized carbons (Fsp3) is 0.409. The molecule has 0 atom stereocenters. The minimum Gasteiger partial charge on any atom is -0.494 e. The van der Waals surface area contributed by atoms with E-state index in [0.29, 0.717) is 13.2 Å². The summed E-state index contributed by atoms with van der Waals surface area (Å²) in [5.41, 5.74) is 3.54. The highest BCUT2D eigenvalue weighted by atomic mass is 16.5. The van der Waals surface area contributed by atoms with Gasteiger partial charge in [0, 0.05) is 38.4 Å². The third kappa shape index (κ3) is 5.81. The molecule has 1 N–H and O–H groups in total. The van der Waals surface area contributed by atoms with Gasteiger partial charge < -0.3 is 10.1 Å². The molecular weight excluding hydrogens is 338 g/mol. The SMILES string of the molecule is CCOc1ccc(NC(=O)CN2CCN(Cc3ccccc3C)CC2)cc1. The fourth-order valence-corrected chi connectivity index (χ4v) is 3.34. The number of hydrogen-bond acceptors (Lipinski definition) is 4. The van der Waals surface area contributed by atoms with Crippen LogP contribution < -0.4 is 10.1 Å². The zero-order chi connectivity index (χ0) is 19.1. The van der Waals surface area contributed by atoms with E-state index in [1.54, 1.807) is 0 Å². The van der Waals surface area contributed by atoms with E-state index in [2.05, 4.69) is 46.3 Å². The molecule has 27 heavy (non-hydrogen) atoms. The summed E-state index contributed by atoms with van der Waals surface area (Å²) in [5.74, 6) is 0.854. The van der Waals surface area contributed by atoms with Crippen LogP contribution in [0, 0.1) is 6.92 Å². The van der Waals surface area contributed by atoms with Crippen molar-refractivity contribution in [1.29, 1.82) is 0 Å². The monoisotopic (exact) mass is 367 g/mol. The second kappa shape index (κ2) is 9.53. The Morgan fingerprint density at radius 3 is 2.33 bits per heavy atom. The zero-order valence-corrected chi connectivity index (χ0v) is 16.3. The van der Waals surface area contributed by atoms with Gasteiger partial charge in [0.05, 0.1) is 13.2 Å². The Hall–Kier alpha value is -2.37. The van der Waals surface area contributed by atoms with Gasteiger partial charge in [-0.05, 0) is 49.2 Å². The van der Waals surface area contributed by atoms with Crippen molar-refractivity contribution >= 4 is 11.6 Å². The molecule has 0 spiro atoms. The molecule has 2 aromatic rings. The maximum atomic E-state index is 12.3. The van der Waals surface area contributed by atoms with E-state index in [0.717, 1.165) is 44.2 Å². The third-order valence-corrected chi connectivity index (χ3v) is 4.94. The lowest BCUT2D eigenvalue weighted by Crippen LogP contribution is -2.48. The number of aryl methyl sites for hydroxylation is 1. The third-order valence-electron chi connectivity index (χ3n) is 4.94. The first-order valence-corrected chi connectivity index (χ1v) is 9.66. The number of rotatable bonds is 7. The zero-order valence-electron chi connectivity index (χ0n) is 16.3. The molecule has 0 radical (unpaired) electrons.